The van der Waals surface area contributed by atoms with Crippen LogP contribution in [0.3, 0.4) is 0 Å². The van der Waals surface area contributed by atoms with Crippen LogP contribution >= 0.6 is 11.8 Å². The Morgan fingerprint density at radius 2 is 2.14 bits per heavy atom. The zero-order valence-corrected chi connectivity index (χ0v) is 13.5. The van der Waals surface area contributed by atoms with E-state index in [-0.39, 0.29) is 18.1 Å². The lowest BCUT2D eigenvalue weighted by atomic mass is 10.0. The van der Waals surface area contributed by atoms with Gasteiger partial charge in [0.15, 0.2) is 11.5 Å². The van der Waals surface area contributed by atoms with Gasteiger partial charge in [-0.1, -0.05) is 35.5 Å². The summed E-state index contributed by atoms with van der Waals surface area (Å²) >= 11 is 1.66. The molecule has 2 N–H and O–H groups in total. The molecule has 0 unspecified atom stereocenters. The Morgan fingerprint density at radius 1 is 1.41 bits per heavy atom. The largest absolute Gasteiger partial charge is 0.388 e. The van der Waals surface area contributed by atoms with Gasteiger partial charge in [0, 0.05) is 18.2 Å². The molecule has 0 spiro atoms. The van der Waals surface area contributed by atoms with Crippen molar-refractivity contribution in [3.05, 3.63) is 42.1 Å². The number of aromatic nitrogens is 1. The van der Waals surface area contributed by atoms with Crippen LogP contribution in [0.1, 0.15) is 23.8 Å². The number of amides is 1. The van der Waals surface area contributed by atoms with E-state index in [1.54, 1.807) is 24.8 Å². The van der Waals surface area contributed by atoms with Gasteiger partial charge in [0.25, 0.3) is 5.91 Å². The second kappa shape index (κ2) is 7.47. The monoisotopic (exact) mass is 320 g/mol. The summed E-state index contributed by atoms with van der Waals surface area (Å²) < 4.78 is 5.19. The molecule has 2 rings (SSSR count). The molecule has 0 fully saturated rings. The SMILES string of the molecule is CSCC[C@@](C)(O)CNC(=O)c1cc(-c2ccccc2)on1. The van der Waals surface area contributed by atoms with Gasteiger partial charge in [-0.15, -0.1) is 0 Å². The quantitative estimate of drug-likeness (QED) is 0.820. The molecule has 0 radical (unpaired) electrons. The highest BCUT2D eigenvalue weighted by Crippen LogP contribution is 2.19. The summed E-state index contributed by atoms with van der Waals surface area (Å²) in [6.07, 6.45) is 2.59. The maximum absolute atomic E-state index is 12.1. The number of nitrogens with one attached hydrogen (secondary N) is 1. The maximum atomic E-state index is 12.1. The van der Waals surface area contributed by atoms with Crippen LogP contribution in [0.5, 0.6) is 0 Å². The molecule has 0 saturated heterocycles. The van der Waals surface area contributed by atoms with Gasteiger partial charge in [-0.25, -0.2) is 0 Å². The van der Waals surface area contributed by atoms with Crippen molar-refractivity contribution in [2.45, 2.75) is 18.9 Å². The summed E-state index contributed by atoms with van der Waals surface area (Å²) in [6, 6.07) is 11.1. The lowest BCUT2D eigenvalue weighted by Crippen LogP contribution is -2.41. The van der Waals surface area contributed by atoms with Crippen molar-refractivity contribution in [1.29, 1.82) is 0 Å². The van der Waals surface area contributed by atoms with Gasteiger partial charge in [0.2, 0.25) is 0 Å². The normalized spacial score (nSPS) is 13.6. The van der Waals surface area contributed by atoms with Crippen molar-refractivity contribution in [2.24, 2.45) is 0 Å². The molecule has 0 saturated carbocycles. The number of carbonyl (C=O) groups is 1. The number of benzene rings is 1. The summed E-state index contributed by atoms with van der Waals surface area (Å²) in [5.74, 6) is 1.03. The van der Waals surface area contributed by atoms with Crippen molar-refractivity contribution >= 4 is 17.7 Å². The van der Waals surface area contributed by atoms with Gasteiger partial charge in [0.05, 0.1) is 5.60 Å². The first-order valence-electron chi connectivity index (χ1n) is 7.03. The minimum absolute atomic E-state index is 0.180. The molecule has 118 valence electrons. The summed E-state index contributed by atoms with van der Waals surface area (Å²) in [5, 5.41) is 16.6. The van der Waals surface area contributed by atoms with E-state index >= 15 is 0 Å². The van der Waals surface area contributed by atoms with E-state index in [2.05, 4.69) is 10.5 Å². The molecule has 0 aliphatic carbocycles. The Bertz CT molecular complexity index is 611. The van der Waals surface area contributed by atoms with Crippen LogP contribution in [0.15, 0.2) is 40.9 Å². The van der Waals surface area contributed by atoms with Crippen LogP contribution in [0.2, 0.25) is 0 Å². The first-order chi connectivity index (χ1) is 10.5. The Balaban J connectivity index is 1.95. The molecule has 2 aromatic rings. The Labute approximate surface area is 134 Å². The van der Waals surface area contributed by atoms with Crippen LogP contribution in [0.25, 0.3) is 11.3 Å². The molecule has 5 nitrogen and oxygen atoms in total. The minimum atomic E-state index is -0.926. The fourth-order valence-electron chi connectivity index (χ4n) is 1.89. The molecular weight excluding hydrogens is 300 g/mol. The van der Waals surface area contributed by atoms with E-state index in [0.29, 0.717) is 12.2 Å². The highest BCUT2D eigenvalue weighted by molar-refractivity contribution is 7.98. The van der Waals surface area contributed by atoms with Crippen molar-refractivity contribution in [3.8, 4) is 11.3 Å². The van der Waals surface area contributed by atoms with E-state index in [1.807, 2.05) is 36.6 Å². The van der Waals surface area contributed by atoms with E-state index in [9.17, 15) is 9.90 Å². The lowest BCUT2D eigenvalue weighted by molar-refractivity contribution is 0.0526. The van der Waals surface area contributed by atoms with Gasteiger partial charge in [-0.2, -0.15) is 11.8 Å². The average Bonchev–Trinajstić information content (AvgIpc) is 3.02. The first-order valence-corrected chi connectivity index (χ1v) is 8.43. The minimum Gasteiger partial charge on any atom is -0.388 e. The van der Waals surface area contributed by atoms with Crippen LogP contribution in [0.4, 0.5) is 0 Å². The summed E-state index contributed by atoms with van der Waals surface area (Å²) in [5.41, 5.74) is 0.144. The third-order valence-corrected chi connectivity index (χ3v) is 3.89. The Kier molecular flexibility index (Phi) is 5.63. The van der Waals surface area contributed by atoms with Gasteiger partial charge in [0.1, 0.15) is 0 Å². The molecule has 0 aliphatic heterocycles. The van der Waals surface area contributed by atoms with Crippen molar-refractivity contribution in [1.82, 2.24) is 10.5 Å². The molecule has 1 atom stereocenters. The van der Waals surface area contributed by atoms with Gasteiger partial charge < -0.3 is 14.9 Å². The van der Waals surface area contributed by atoms with Crippen molar-refractivity contribution in [2.75, 3.05) is 18.6 Å². The molecule has 6 heteroatoms. The van der Waals surface area contributed by atoms with Crippen LogP contribution in [0, 0.1) is 0 Å². The second-order valence-corrected chi connectivity index (χ2v) is 6.35. The maximum Gasteiger partial charge on any atom is 0.273 e. The summed E-state index contributed by atoms with van der Waals surface area (Å²) in [4.78, 5) is 12.1. The summed E-state index contributed by atoms with van der Waals surface area (Å²) in [6.45, 7) is 1.89. The van der Waals surface area contributed by atoms with Gasteiger partial charge in [-0.3, -0.25) is 4.79 Å². The van der Waals surface area contributed by atoms with Crippen LogP contribution < -0.4 is 5.32 Å². The van der Waals surface area contributed by atoms with Gasteiger partial charge in [-0.05, 0) is 25.4 Å². The number of thioether (sulfide) groups is 1. The third-order valence-electron chi connectivity index (χ3n) is 3.28. The number of rotatable bonds is 7. The zero-order chi connectivity index (χ0) is 16.0. The molecule has 22 heavy (non-hydrogen) atoms. The highest BCUT2D eigenvalue weighted by atomic mass is 32.2. The molecule has 0 aliphatic rings. The lowest BCUT2D eigenvalue weighted by Gasteiger charge is -2.22. The molecule has 1 amide bonds. The van der Waals surface area contributed by atoms with Crippen molar-refractivity contribution in [3.63, 3.8) is 0 Å². The third kappa shape index (κ3) is 4.61. The van der Waals surface area contributed by atoms with Gasteiger partial charge >= 0.3 is 0 Å². The Morgan fingerprint density at radius 3 is 2.82 bits per heavy atom. The predicted octanol–water partition coefficient (Wildman–Crippen LogP) is 2.58. The van der Waals surface area contributed by atoms with E-state index in [4.69, 9.17) is 4.52 Å². The molecule has 1 aromatic heterocycles. The number of hydrogen-bond donors (Lipinski definition) is 2. The first kappa shape index (κ1) is 16.6. The second-order valence-electron chi connectivity index (χ2n) is 5.36. The van der Waals surface area contributed by atoms with Crippen LogP contribution in [-0.4, -0.2) is 40.3 Å². The van der Waals surface area contributed by atoms with E-state index < -0.39 is 5.60 Å². The predicted molar refractivity (Wildman–Crippen MR) is 87.9 cm³/mol. The van der Waals surface area contributed by atoms with Crippen LogP contribution in [-0.2, 0) is 0 Å². The average molecular weight is 320 g/mol. The molecule has 1 aromatic carbocycles. The number of hydrogen-bond acceptors (Lipinski definition) is 5. The molecular formula is C16H20N2O3S. The fourth-order valence-corrected chi connectivity index (χ4v) is 2.54. The zero-order valence-electron chi connectivity index (χ0n) is 12.7. The molecule has 0 bridgehead atoms. The highest BCUT2D eigenvalue weighted by Gasteiger charge is 2.22. The van der Waals surface area contributed by atoms with E-state index in [1.165, 1.54) is 0 Å². The standard InChI is InChI=1S/C16H20N2O3S/c1-16(20,8-9-22-2)11-17-15(19)13-10-14(21-18-13)12-6-4-3-5-7-12/h3-7,10,20H,8-9,11H2,1-2H3,(H,17,19)/t16-/m1/s1. The fraction of sp³-hybridized carbons (Fsp3) is 0.375. The number of aliphatic hydroxyl groups is 1. The molecule has 1 heterocycles. The number of carbonyl (C=O) groups excluding carboxylic acids is 1. The smallest absolute Gasteiger partial charge is 0.273 e. The van der Waals surface area contributed by atoms with Crippen molar-refractivity contribution < 1.29 is 14.4 Å². The topological polar surface area (TPSA) is 75.4 Å². The Hall–Kier alpha value is -1.79. The number of nitrogens with zero attached hydrogens (tertiary/aromatic N) is 1. The summed E-state index contributed by atoms with van der Waals surface area (Å²) in [7, 11) is 0. The van der Waals surface area contributed by atoms with E-state index in [0.717, 1.165) is 11.3 Å².